The van der Waals surface area contributed by atoms with Crippen LogP contribution in [0.5, 0.6) is 0 Å². The smallest absolute Gasteiger partial charge is 0.289 e. The Morgan fingerprint density at radius 2 is 1.96 bits per heavy atom. The van der Waals surface area contributed by atoms with Gasteiger partial charge in [-0.05, 0) is 36.4 Å². The molecule has 0 spiro atoms. The predicted molar refractivity (Wildman–Crippen MR) is 93.6 cm³/mol. The molecule has 2 aromatic rings. The summed E-state index contributed by atoms with van der Waals surface area (Å²) >= 11 is 5.74. The highest BCUT2D eigenvalue weighted by Crippen LogP contribution is 2.29. The van der Waals surface area contributed by atoms with Crippen molar-refractivity contribution in [3.8, 4) is 0 Å². The summed E-state index contributed by atoms with van der Waals surface area (Å²) in [5, 5.41) is 13.4. The molecule has 1 aliphatic rings. The zero-order valence-electron chi connectivity index (χ0n) is 13.3. The first-order valence-electron chi connectivity index (χ1n) is 7.66. The highest BCUT2D eigenvalue weighted by atomic mass is 35.5. The number of carbonyl (C=O) groups excluding carboxylic acids is 2. The molecule has 1 heterocycles. The van der Waals surface area contributed by atoms with Gasteiger partial charge < -0.3 is 10.2 Å². The van der Waals surface area contributed by atoms with E-state index in [0.717, 1.165) is 6.07 Å². The number of benzene rings is 2. The Hall–Kier alpha value is -3.00. The van der Waals surface area contributed by atoms with Gasteiger partial charge in [0.05, 0.1) is 10.8 Å². The van der Waals surface area contributed by atoms with Gasteiger partial charge in [-0.25, -0.2) is 4.39 Å². The largest absolute Gasteiger partial charge is 0.326 e. The minimum Gasteiger partial charge on any atom is -0.326 e. The summed E-state index contributed by atoms with van der Waals surface area (Å²) in [4.78, 5) is 36.2. The van der Waals surface area contributed by atoms with Gasteiger partial charge in [-0.1, -0.05) is 11.6 Å². The van der Waals surface area contributed by atoms with Crippen LogP contribution in [0, 0.1) is 21.8 Å². The van der Waals surface area contributed by atoms with Crippen molar-refractivity contribution < 1.29 is 18.9 Å². The molecule has 9 heteroatoms. The lowest BCUT2D eigenvalue weighted by Crippen LogP contribution is -2.28. The third-order valence-corrected chi connectivity index (χ3v) is 4.36. The number of amides is 2. The van der Waals surface area contributed by atoms with Gasteiger partial charge >= 0.3 is 0 Å². The van der Waals surface area contributed by atoms with Crippen LogP contribution in [0.1, 0.15) is 6.42 Å². The summed E-state index contributed by atoms with van der Waals surface area (Å²) in [5.74, 6) is -1.72. The van der Waals surface area contributed by atoms with E-state index in [2.05, 4.69) is 5.32 Å². The lowest BCUT2D eigenvalue weighted by molar-refractivity contribution is -0.384. The van der Waals surface area contributed by atoms with Gasteiger partial charge in [0.1, 0.15) is 10.8 Å². The minimum absolute atomic E-state index is 0.00110. The molecule has 1 N–H and O–H groups in total. The summed E-state index contributed by atoms with van der Waals surface area (Å²) in [6.07, 6.45) is -0.00110. The van der Waals surface area contributed by atoms with E-state index in [9.17, 15) is 24.1 Å². The molecule has 7 nitrogen and oxygen atoms in total. The number of nitro groups is 1. The molecule has 1 aliphatic heterocycles. The second-order valence-corrected chi connectivity index (χ2v) is 6.20. The minimum atomic E-state index is -0.645. The van der Waals surface area contributed by atoms with Crippen molar-refractivity contribution in [2.75, 3.05) is 16.8 Å². The highest BCUT2D eigenvalue weighted by molar-refractivity contribution is 6.32. The van der Waals surface area contributed by atoms with Gasteiger partial charge in [0, 0.05) is 30.4 Å². The lowest BCUT2D eigenvalue weighted by atomic mass is 10.1. The van der Waals surface area contributed by atoms with Crippen molar-refractivity contribution in [3.63, 3.8) is 0 Å². The number of nitrogens with one attached hydrogen (secondary N) is 1. The fraction of sp³-hybridized carbons (Fsp3) is 0.176. The fourth-order valence-corrected chi connectivity index (χ4v) is 2.91. The quantitative estimate of drug-likeness (QED) is 0.653. The van der Waals surface area contributed by atoms with Crippen molar-refractivity contribution in [2.24, 2.45) is 5.92 Å². The molecule has 3 rings (SSSR count). The molecule has 2 aromatic carbocycles. The van der Waals surface area contributed by atoms with Crippen LogP contribution >= 0.6 is 11.6 Å². The van der Waals surface area contributed by atoms with Crippen molar-refractivity contribution >= 4 is 40.5 Å². The molecular formula is C17H13ClFN3O4. The molecule has 0 saturated carbocycles. The Bertz CT molecular complexity index is 888. The maximum absolute atomic E-state index is 13.0. The van der Waals surface area contributed by atoms with E-state index in [1.165, 1.54) is 41.3 Å². The summed E-state index contributed by atoms with van der Waals surface area (Å²) in [6, 6.07) is 9.34. The first-order chi connectivity index (χ1) is 12.3. The summed E-state index contributed by atoms with van der Waals surface area (Å²) in [6.45, 7) is 0.145. The molecule has 1 unspecified atom stereocenters. The summed E-state index contributed by atoms with van der Waals surface area (Å²) in [5.41, 5.74) is 0.410. The monoisotopic (exact) mass is 377 g/mol. The summed E-state index contributed by atoms with van der Waals surface area (Å²) in [7, 11) is 0. The van der Waals surface area contributed by atoms with E-state index in [1.807, 2.05) is 0 Å². The number of hydrogen-bond acceptors (Lipinski definition) is 4. The molecule has 2 amide bonds. The topological polar surface area (TPSA) is 92.5 Å². The SMILES string of the molecule is O=C(Nc1ccc(Cl)c([N+](=O)[O-])c1)C1CC(=O)N(c2ccc(F)cc2)C1. The predicted octanol–water partition coefficient (Wildman–Crippen LogP) is 3.38. The maximum atomic E-state index is 13.0. The number of halogens is 2. The average molecular weight is 378 g/mol. The standard InChI is InChI=1S/C17H13ClFN3O4/c18-14-6-3-12(8-15(14)22(25)26)20-17(24)10-7-16(23)21(9-10)13-4-1-11(19)2-5-13/h1-6,8,10H,7,9H2,(H,20,24). The van der Waals surface area contributed by atoms with Gasteiger partial charge in [0.2, 0.25) is 11.8 Å². The molecule has 1 atom stereocenters. The van der Waals surface area contributed by atoms with Crippen LogP contribution in [0.25, 0.3) is 0 Å². The highest BCUT2D eigenvalue weighted by Gasteiger charge is 2.35. The Kier molecular flexibility index (Phi) is 4.85. The van der Waals surface area contributed by atoms with Crippen molar-refractivity contribution in [3.05, 3.63) is 63.4 Å². The van der Waals surface area contributed by atoms with Crippen LogP contribution in [0.15, 0.2) is 42.5 Å². The second-order valence-electron chi connectivity index (χ2n) is 5.79. The molecule has 0 aliphatic carbocycles. The van der Waals surface area contributed by atoms with Crippen LogP contribution in [0.3, 0.4) is 0 Å². The van der Waals surface area contributed by atoms with E-state index in [4.69, 9.17) is 11.6 Å². The molecule has 134 valence electrons. The van der Waals surface area contributed by atoms with Crippen molar-refractivity contribution in [2.45, 2.75) is 6.42 Å². The Morgan fingerprint density at radius 3 is 2.62 bits per heavy atom. The average Bonchev–Trinajstić information content (AvgIpc) is 2.99. The molecule has 0 aromatic heterocycles. The number of nitrogens with zero attached hydrogens (tertiary/aromatic N) is 2. The second kappa shape index (κ2) is 7.09. The number of hydrogen-bond donors (Lipinski definition) is 1. The van der Waals surface area contributed by atoms with Crippen LogP contribution in [0.2, 0.25) is 5.02 Å². The fourth-order valence-electron chi connectivity index (χ4n) is 2.73. The number of anilines is 2. The van der Waals surface area contributed by atoms with Gasteiger partial charge in [0.25, 0.3) is 5.69 Å². The van der Waals surface area contributed by atoms with Crippen molar-refractivity contribution in [1.29, 1.82) is 0 Å². The maximum Gasteiger partial charge on any atom is 0.289 e. The third kappa shape index (κ3) is 3.65. The first kappa shape index (κ1) is 17.8. The third-order valence-electron chi connectivity index (χ3n) is 4.04. The lowest BCUT2D eigenvalue weighted by Gasteiger charge is -2.16. The molecule has 0 radical (unpaired) electrons. The van der Waals surface area contributed by atoms with E-state index in [1.54, 1.807) is 0 Å². The van der Waals surface area contributed by atoms with Gasteiger partial charge in [-0.2, -0.15) is 0 Å². The van der Waals surface area contributed by atoms with Crippen LogP contribution in [0.4, 0.5) is 21.5 Å². The zero-order valence-corrected chi connectivity index (χ0v) is 14.1. The van der Waals surface area contributed by atoms with E-state index >= 15 is 0 Å². The molecular weight excluding hydrogens is 365 g/mol. The van der Waals surface area contributed by atoms with Gasteiger partial charge in [0.15, 0.2) is 0 Å². The molecule has 1 saturated heterocycles. The van der Waals surface area contributed by atoms with E-state index < -0.39 is 22.6 Å². The number of rotatable bonds is 4. The molecule has 0 bridgehead atoms. The normalized spacial score (nSPS) is 16.6. The van der Waals surface area contributed by atoms with Gasteiger partial charge in [-0.15, -0.1) is 0 Å². The number of carbonyl (C=O) groups is 2. The van der Waals surface area contributed by atoms with Crippen LogP contribution < -0.4 is 10.2 Å². The van der Waals surface area contributed by atoms with E-state index in [0.29, 0.717) is 5.69 Å². The van der Waals surface area contributed by atoms with Crippen LogP contribution in [-0.4, -0.2) is 23.3 Å². The molecule has 26 heavy (non-hydrogen) atoms. The number of nitro benzene ring substituents is 1. The van der Waals surface area contributed by atoms with Crippen molar-refractivity contribution in [1.82, 2.24) is 0 Å². The first-order valence-corrected chi connectivity index (χ1v) is 8.03. The molecule has 1 fully saturated rings. The van der Waals surface area contributed by atoms with Crippen LogP contribution in [-0.2, 0) is 9.59 Å². The Balaban J connectivity index is 1.71. The summed E-state index contributed by atoms with van der Waals surface area (Å²) < 4.78 is 13.0. The Labute approximate surface area is 152 Å². The van der Waals surface area contributed by atoms with E-state index in [-0.39, 0.29) is 35.3 Å². The Morgan fingerprint density at radius 1 is 1.27 bits per heavy atom. The van der Waals surface area contributed by atoms with Gasteiger partial charge in [-0.3, -0.25) is 19.7 Å². The zero-order chi connectivity index (χ0) is 18.8.